The molecule has 1 heterocycles. The van der Waals surface area contributed by atoms with Gasteiger partial charge in [0.2, 0.25) is 0 Å². The van der Waals surface area contributed by atoms with Crippen molar-refractivity contribution in [1.82, 2.24) is 20.4 Å². The molecule has 0 spiro atoms. The molecule has 2 unspecified atom stereocenters. The molecule has 1 rings (SSSR count). The van der Waals surface area contributed by atoms with Gasteiger partial charge in [0.15, 0.2) is 5.96 Å². The third-order valence-electron chi connectivity index (χ3n) is 3.96. The van der Waals surface area contributed by atoms with E-state index in [0.717, 1.165) is 12.1 Å². The topological polar surface area (TPSA) is 80.5 Å². The number of nitrogens with one attached hydrogen (secondary N) is 2. The number of esters is 1. The van der Waals surface area contributed by atoms with Crippen LogP contribution >= 0.6 is 0 Å². The van der Waals surface area contributed by atoms with E-state index in [-0.39, 0.29) is 17.9 Å². The molecular formula is C16H29N5O2. The third-order valence-corrected chi connectivity index (χ3v) is 3.96. The van der Waals surface area contributed by atoms with Crippen molar-refractivity contribution in [2.45, 2.75) is 40.2 Å². The fourth-order valence-electron chi connectivity index (χ4n) is 2.43. The Kier molecular flexibility index (Phi) is 7.06. The summed E-state index contributed by atoms with van der Waals surface area (Å²) < 4.78 is 6.62. The first-order valence-electron chi connectivity index (χ1n) is 7.84. The minimum Gasteiger partial charge on any atom is -0.469 e. The third kappa shape index (κ3) is 5.26. The number of ether oxygens (including phenoxy) is 1. The van der Waals surface area contributed by atoms with Crippen molar-refractivity contribution < 1.29 is 9.53 Å². The van der Waals surface area contributed by atoms with Crippen LogP contribution in [-0.2, 0) is 23.0 Å². The molecule has 0 saturated heterocycles. The summed E-state index contributed by atoms with van der Waals surface area (Å²) in [6.07, 6.45) is 0.860. The second-order valence-corrected chi connectivity index (χ2v) is 5.90. The molecule has 0 aliphatic carbocycles. The van der Waals surface area contributed by atoms with E-state index < -0.39 is 0 Å². The summed E-state index contributed by atoms with van der Waals surface area (Å²) >= 11 is 0. The number of carbonyl (C=O) groups excluding carboxylic acids is 1. The molecule has 0 radical (unpaired) electrons. The van der Waals surface area contributed by atoms with Crippen LogP contribution < -0.4 is 10.6 Å². The Labute approximate surface area is 138 Å². The summed E-state index contributed by atoms with van der Waals surface area (Å²) in [7, 11) is 5.07. The fraction of sp³-hybridized carbons (Fsp3) is 0.688. The molecular weight excluding hydrogens is 294 g/mol. The van der Waals surface area contributed by atoms with Crippen molar-refractivity contribution >= 4 is 11.9 Å². The van der Waals surface area contributed by atoms with Crippen LogP contribution in [0.15, 0.2) is 4.99 Å². The number of nitrogens with zero attached hydrogens (tertiary/aromatic N) is 3. The maximum Gasteiger partial charge on any atom is 0.310 e. The van der Waals surface area contributed by atoms with Crippen molar-refractivity contribution in [1.29, 1.82) is 0 Å². The molecule has 130 valence electrons. The maximum atomic E-state index is 11.4. The highest BCUT2D eigenvalue weighted by Crippen LogP contribution is 2.14. The van der Waals surface area contributed by atoms with E-state index in [4.69, 9.17) is 4.74 Å². The largest absolute Gasteiger partial charge is 0.469 e. The Morgan fingerprint density at radius 3 is 2.52 bits per heavy atom. The summed E-state index contributed by atoms with van der Waals surface area (Å²) in [6, 6.07) is 0.191. The first-order valence-corrected chi connectivity index (χ1v) is 7.84. The lowest BCUT2D eigenvalue weighted by Crippen LogP contribution is -2.45. The van der Waals surface area contributed by atoms with Gasteiger partial charge in [-0.2, -0.15) is 5.10 Å². The molecule has 0 fully saturated rings. The van der Waals surface area contributed by atoms with Crippen LogP contribution in [0.4, 0.5) is 0 Å². The Bertz CT molecular complexity index is 565. The van der Waals surface area contributed by atoms with Crippen molar-refractivity contribution in [3.8, 4) is 0 Å². The molecule has 2 atom stereocenters. The van der Waals surface area contributed by atoms with Gasteiger partial charge in [0.25, 0.3) is 0 Å². The van der Waals surface area contributed by atoms with E-state index in [2.05, 4.69) is 34.6 Å². The Balaban J connectivity index is 2.57. The fourth-order valence-corrected chi connectivity index (χ4v) is 2.43. The molecule has 0 bridgehead atoms. The number of methoxy groups -OCH3 is 1. The zero-order valence-corrected chi connectivity index (χ0v) is 15.2. The van der Waals surface area contributed by atoms with Crippen molar-refractivity contribution in [2.24, 2.45) is 18.0 Å². The summed E-state index contributed by atoms with van der Waals surface area (Å²) in [5.41, 5.74) is 3.49. The van der Waals surface area contributed by atoms with Gasteiger partial charge in [0, 0.05) is 32.4 Å². The molecule has 2 N–H and O–H groups in total. The van der Waals surface area contributed by atoms with Gasteiger partial charge in [-0.1, -0.05) is 6.92 Å². The highest BCUT2D eigenvalue weighted by atomic mass is 16.5. The van der Waals surface area contributed by atoms with Crippen LogP contribution in [-0.4, -0.2) is 48.5 Å². The van der Waals surface area contributed by atoms with E-state index >= 15 is 0 Å². The zero-order chi connectivity index (χ0) is 17.6. The Morgan fingerprint density at radius 2 is 2.04 bits per heavy atom. The highest BCUT2D eigenvalue weighted by molar-refractivity contribution is 5.81. The number of rotatable bonds is 6. The average Bonchev–Trinajstić information content (AvgIpc) is 2.76. The van der Waals surface area contributed by atoms with Crippen LogP contribution in [0.2, 0.25) is 0 Å². The van der Waals surface area contributed by atoms with Gasteiger partial charge in [-0.3, -0.25) is 14.5 Å². The quantitative estimate of drug-likeness (QED) is 0.463. The average molecular weight is 323 g/mol. The van der Waals surface area contributed by atoms with Gasteiger partial charge in [-0.05, 0) is 32.8 Å². The second kappa shape index (κ2) is 8.55. The lowest BCUT2D eigenvalue weighted by atomic mass is 10.1. The van der Waals surface area contributed by atoms with Gasteiger partial charge < -0.3 is 15.4 Å². The summed E-state index contributed by atoms with van der Waals surface area (Å²) in [6.45, 7) is 8.50. The smallest absolute Gasteiger partial charge is 0.310 e. The summed E-state index contributed by atoms with van der Waals surface area (Å²) in [5, 5.41) is 10.9. The van der Waals surface area contributed by atoms with Gasteiger partial charge in [-0.15, -0.1) is 0 Å². The standard InChI is InChI=1S/C16H29N5O2/c1-10(15(22)23-7)9-18-16(17-5)19-11(2)8-14-12(3)20-21(6)13(14)4/h10-11H,8-9H2,1-7H3,(H2,17,18,19). The van der Waals surface area contributed by atoms with Gasteiger partial charge in [0.05, 0.1) is 18.7 Å². The molecule has 1 aromatic heterocycles. The minimum atomic E-state index is -0.234. The number of aliphatic imine (C=N–C) groups is 1. The molecule has 7 heteroatoms. The lowest BCUT2D eigenvalue weighted by molar-refractivity contribution is -0.144. The van der Waals surface area contributed by atoms with E-state index in [1.54, 1.807) is 7.05 Å². The number of carbonyl (C=O) groups is 1. The molecule has 0 aliphatic heterocycles. The molecule has 23 heavy (non-hydrogen) atoms. The summed E-state index contributed by atoms with van der Waals surface area (Å²) in [5.74, 6) is 0.215. The SMILES string of the molecule is CN=C(NCC(C)C(=O)OC)NC(C)Cc1c(C)nn(C)c1C. The number of hydrogen-bond donors (Lipinski definition) is 2. The van der Waals surface area contributed by atoms with Crippen LogP contribution in [0.5, 0.6) is 0 Å². The predicted molar refractivity (Wildman–Crippen MR) is 91.5 cm³/mol. The number of aryl methyl sites for hydroxylation is 2. The molecule has 0 aliphatic rings. The molecule has 7 nitrogen and oxygen atoms in total. The monoisotopic (exact) mass is 323 g/mol. The van der Waals surface area contributed by atoms with E-state index in [9.17, 15) is 4.79 Å². The Hall–Kier alpha value is -2.05. The number of guanidine groups is 1. The first-order chi connectivity index (χ1) is 10.8. The normalized spacial score (nSPS) is 14.3. The Morgan fingerprint density at radius 1 is 1.39 bits per heavy atom. The van der Waals surface area contributed by atoms with E-state index in [0.29, 0.717) is 12.5 Å². The van der Waals surface area contributed by atoms with Crippen LogP contribution in [0, 0.1) is 19.8 Å². The molecule has 0 aromatic carbocycles. The summed E-state index contributed by atoms with van der Waals surface area (Å²) in [4.78, 5) is 15.6. The van der Waals surface area contributed by atoms with Crippen molar-refractivity contribution in [3.05, 3.63) is 17.0 Å². The number of aromatic nitrogens is 2. The first kappa shape index (κ1) is 19.0. The van der Waals surface area contributed by atoms with Crippen LogP contribution in [0.3, 0.4) is 0 Å². The highest BCUT2D eigenvalue weighted by Gasteiger charge is 2.16. The maximum absolute atomic E-state index is 11.4. The zero-order valence-electron chi connectivity index (χ0n) is 15.2. The molecule has 1 aromatic rings. The van der Waals surface area contributed by atoms with Crippen molar-refractivity contribution in [2.75, 3.05) is 20.7 Å². The van der Waals surface area contributed by atoms with Crippen molar-refractivity contribution in [3.63, 3.8) is 0 Å². The molecule has 0 amide bonds. The van der Waals surface area contributed by atoms with Gasteiger partial charge >= 0.3 is 5.97 Å². The van der Waals surface area contributed by atoms with E-state index in [1.807, 2.05) is 25.6 Å². The van der Waals surface area contributed by atoms with Crippen LogP contribution in [0.1, 0.15) is 30.8 Å². The number of hydrogen-bond acceptors (Lipinski definition) is 4. The second-order valence-electron chi connectivity index (χ2n) is 5.90. The van der Waals surface area contributed by atoms with Crippen LogP contribution in [0.25, 0.3) is 0 Å². The minimum absolute atomic E-state index is 0.191. The van der Waals surface area contributed by atoms with E-state index in [1.165, 1.54) is 18.4 Å². The van der Waals surface area contributed by atoms with Gasteiger partial charge in [0.1, 0.15) is 0 Å². The predicted octanol–water partition coefficient (Wildman–Crippen LogP) is 0.942. The lowest BCUT2D eigenvalue weighted by Gasteiger charge is -2.19. The molecule has 0 saturated carbocycles. The van der Waals surface area contributed by atoms with Gasteiger partial charge in [-0.25, -0.2) is 0 Å².